The number of benzene rings is 1. The number of aromatic hydroxyl groups is 1. The number of phenolic OH excluding ortho intramolecular Hbond substituents is 1. The van der Waals surface area contributed by atoms with Crippen molar-refractivity contribution in [3.63, 3.8) is 0 Å². The van der Waals surface area contributed by atoms with Crippen LogP contribution in [0.1, 0.15) is 28.0 Å². The van der Waals surface area contributed by atoms with Gasteiger partial charge in [0.25, 0.3) is 0 Å². The Labute approximate surface area is 121 Å². The highest BCUT2D eigenvalue weighted by atomic mass is 35.5. The van der Waals surface area contributed by atoms with Crippen molar-refractivity contribution in [2.24, 2.45) is 7.05 Å². The molecule has 0 bridgehead atoms. The second kappa shape index (κ2) is 4.80. The maximum Gasteiger partial charge on any atom is 0.192 e. The minimum Gasteiger partial charge on any atom is -0.506 e. The lowest BCUT2D eigenvalue weighted by molar-refractivity contribution is 0.102. The second-order valence-corrected chi connectivity index (χ2v) is 5.25. The van der Waals surface area contributed by atoms with Gasteiger partial charge >= 0.3 is 0 Å². The lowest BCUT2D eigenvalue weighted by atomic mass is 9.90. The Morgan fingerprint density at radius 1 is 1.40 bits per heavy atom. The first-order valence-corrected chi connectivity index (χ1v) is 6.68. The number of fused-ring (bicyclic) bond motifs is 1. The van der Waals surface area contributed by atoms with Crippen LogP contribution in [0.25, 0.3) is 6.08 Å². The third kappa shape index (κ3) is 2.12. The third-order valence-corrected chi connectivity index (χ3v) is 3.84. The highest BCUT2D eigenvalue weighted by molar-refractivity contribution is 6.32. The van der Waals surface area contributed by atoms with E-state index < -0.39 is 0 Å². The van der Waals surface area contributed by atoms with Crippen LogP contribution in [0, 0.1) is 0 Å². The van der Waals surface area contributed by atoms with Gasteiger partial charge in [-0.2, -0.15) is 5.10 Å². The Hall–Kier alpha value is -2.07. The average molecular weight is 289 g/mol. The van der Waals surface area contributed by atoms with Crippen molar-refractivity contribution in [1.29, 1.82) is 0 Å². The lowest BCUT2D eigenvalue weighted by Crippen LogP contribution is -2.14. The third-order valence-electron chi connectivity index (χ3n) is 3.54. The zero-order valence-electron chi connectivity index (χ0n) is 10.9. The predicted octanol–water partition coefficient (Wildman–Crippen LogP) is 2.99. The summed E-state index contributed by atoms with van der Waals surface area (Å²) in [5, 5.41) is 13.8. The van der Waals surface area contributed by atoms with E-state index in [-0.39, 0.29) is 16.6 Å². The monoisotopic (exact) mass is 288 g/mol. The lowest BCUT2D eigenvalue weighted by Gasteiger charge is -2.14. The smallest absolute Gasteiger partial charge is 0.192 e. The number of hydrogen-bond donors (Lipinski definition) is 1. The molecule has 4 nitrogen and oxygen atoms in total. The van der Waals surface area contributed by atoms with E-state index in [9.17, 15) is 9.90 Å². The topological polar surface area (TPSA) is 55.1 Å². The number of aryl methyl sites for hydroxylation is 1. The van der Waals surface area contributed by atoms with Crippen molar-refractivity contribution in [3.05, 3.63) is 51.8 Å². The summed E-state index contributed by atoms with van der Waals surface area (Å²) in [5.74, 6) is 0.0573. The molecule has 1 N–H and O–H groups in total. The summed E-state index contributed by atoms with van der Waals surface area (Å²) in [6.07, 6.45) is 4.93. The fourth-order valence-electron chi connectivity index (χ4n) is 2.44. The highest BCUT2D eigenvalue weighted by Gasteiger charge is 2.24. The summed E-state index contributed by atoms with van der Waals surface area (Å²) in [5.41, 5.74) is 3.21. The van der Waals surface area contributed by atoms with Crippen molar-refractivity contribution in [3.8, 4) is 5.75 Å². The maximum absolute atomic E-state index is 12.4. The van der Waals surface area contributed by atoms with Gasteiger partial charge in [0, 0.05) is 18.3 Å². The van der Waals surface area contributed by atoms with E-state index in [1.54, 1.807) is 23.0 Å². The maximum atomic E-state index is 12.4. The molecule has 1 aliphatic carbocycles. The van der Waals surface area contributed by atoms with Crippen LogP contribution >= 0.6 is 11.6 Å². The molecule has 0 amide bonds. The molecule has 0 fully saturated rings. The van der Waals surface area contributed by atoms with Gasteiger partial charge in [-0.05, 0) is 36.6 Å². The Morgan fingerprint density at radius 3 is 2.95 bits per heavy atom. The van der Waals surface area contributed by atoms with E-state index in [4.69, 9.17) is 11.6 Å². The number of ketones is 1. The number of phenols is 1. The molecule has 0 aliphatic heterocycles. The normalized spacial score (nSPS) is 16.5. The number of carbonyl (C=O) groups is 1. The van der Waals surface area contributed by atoms with Crippen LogP contribution in [-0.4, -0.2) is 20.7 Å². The van der Waals surface area contributed by atoms with Crippen molar-refractivity contribution in [2.45, 2.75) is 12.8 Å². The molecule has 1 aliphatic rings. The van der Waals surface area contributed by atoms with Gasteiger partial charge in [-0.1, -0.05) is 17.7 Å². The summed E-state index contributed by atoms with van der Waals surface area (Å²) in [6, 6.07) is 4.91. The van der Waals surface area contributed by atoms with Crippen molar-refractivity contribution < 1.29 is 9.90 Å². The summed E-state index contributed by atoms with van der Waals surface area (Å²) in [7, 11) is 1.85. The van der Waals surface area contributed by atoms with Gasteiger partial charge in [-0.25, -0.2) is 0 Å². The summed E-state index contributed by atoms with van der Waals surface area (Å²) >= 11 is 5.87. The predicted molar refractivity (Wildman–Crippen MR) is 77.0 cm³/mol. The number of hydrogen-bond acceptors (Lipinski definition) is 3. The van der Waals surface area contributed by atoms with E-state index in [2.05, 4.69) is 5.10 Å². The molecule has 3 rings (SSSR count). The number of carbonyl (C=O) groups excluding carboxylic acids is 1. The Kier molecular flexibility index (Phi) is 3.10. The number of aromatic nitrogens is 2. The molecular weight excluding hydrogens is 276 g/mol. The average Bonchev–Trinajstić information content (AvgIpc) is 2.80. The minimum absolute atomic E-state index is 0.0172. The molecule has 1 heterocycles. The quantitative estimate of drug-likeness (QED) is 0.821. The zero-order chi connectivity index (χ0) is 14.3. The van der Waals surface area contributed by atoms with Crippen molar-refractivity contribution >= 4 is 23.5 Å². The Morgan fingerprint density at radius 2 is 2.20 bits per heavy atom. The van der Waals surface area contributed by atoms with E-state index in [0.717, 1.165) is 23.3 Å². The van der Waals surface area contributed by atoms with Gasteiger partial charge in [0.2, 0.25) is 0 Å². The van der Waals surface area contributed by atoms with Gasteiger partial charge in [0.05, 0.1) is 16.8 Å². The number of Topliss-reactive ketones (excluding diaryl/α,β-unsaturated/α-hetero) is 1. The van der Waals surface area contributed by atoms with Gasteiger partial charge in [-0.3, -0.25) is 9.48 Å². The van der Waals surface area contributed by atoms with Crippen LogP contribution in [0.4, 0.5) is 0 Å². The largest absolute Gasteiger partial charge is 0.506 e. The minimum atomic E-state index is 0.0172. The SMILES string of the molecule is Cn1ncc2c1CC/C(=C/c1ccc(O)c(Cl)c1)C2=O. The van der Waals surface area contributed by atoms with Crippen molar-refractivity contribution in [1.82, 2.24) is 9.78 Å². The second-order valence-electron chi connectivity index (χ2n) is 4.84. The standard InChI is InChI=1S/C15H13ClN2O2/c1-18-13-4-3-10(15(20)11(13)8-17-18)6-9-2-5-14(19)12(16)7-9/h2,5-8,19H,3-4H2,1H3/b10-6-. The van der Waals surface area contributed by atoms with Crippen LogP contribution in [-0.2, 0) is 13.5 Å². The first-order valence-electron chi connectivity index (χ1n) is 6.31. The van der Waals surface area contributed by atoms with E-state index >= 15 is 0 Å². The zero-order valence-corrected chi connectivity index (χ0v) is 11.7. The van der Waals surface area contributed by atoms with E-state index in [1.807, 2.05) is 13.1 Å². The number of rotatable bonds is 1. The fourth-order valence-corrected chi connectivity index (χ4v) is 2.63. The van der Waals surface area contributed by atoms with Gasteiger partial charge < -0.3 is 5.11 Å². The number of halogens is 1. The van der Waals surface area contributed by atoms with Crippen LogP contribution < -0.4 is 0 Å². The van der Waals surface area contributed by atoms with Gasteiger partial charge in [0.15, 0.2) is 5.78 Å². The first-order chi connectivity index (χ1) is 9.56. The number of allylic oxidation sites excluding steroid dienone is 1. The molecule has 1 aromatic heterocycles. The Balaban J connectivity index is 1.97. The summed E-state index contributed by atoms with van der Waals surface area (Å²) in [6.45, 7) is 0. The summed E-state index contributed by atoms with van der Waals surface area (Å²) in [4.78, 5) is 12.4. The molecule has 0 saturated heterocycles. The summed E-state index contributed by atoms with van der Waals surface area (Å²) < 4.78 is 1.75. The van der Waals surface area contributed by atoms with Crippen molar-refractivity contribution in [2.75, 3.05) is 0 Å². The molecule has 1 aromatic carbocycles. The molecule has 20 heavy (non-hydrogen) atoms. The van der Waals surface area contributed by atoms with E-state index in [0.29, 0.717) is 12.0 Å². The van der Waals surface area contributed by atoms with Crippen LogP contribution in [0.15, 0.2) is 30.0 Å². The molecule has 0 radical (unpaired) electrons. The van der Waals surface area contributed by atoms with Crippen LogP contribution in [0.2, 0.25) is 5.02 Å². The first kappa shape index (κ1) is 12.9. The molecular formula is C15H13ClN2O2. The molecule has 0 unspecified atom stereocenters. The van der Waals surface area contributed by atoms with Gasteiger partial charge in [-0.15, -0.1) is 0 Å². The molecule has 0 spiro atoms. The Bertz CT molecular complexity index is 731. The molecule has 0 saturated carbocycles. The number of nitrogens with zero attached hydrogens (tertiary/aromatic N) is 2. The van der Waals surface area contributed by atoms with Crippen LogP contribution in [0.3, 0.4) is 0 Å². The van der Waals surface area contributed by atoms with Crippen LogP contribution in [0.5, 0.6) is 5.75 Å². The molecule has 0 atom stereocenters. The van der Waals surface area contributed by atoms with E-state index in [1.165, 1.54) is 6.07 Å². The van der Waals surface area contributed by atoms with Gasteiger partial charge in [0.1, 0.15) is 5.75 Å². The highest BCUT2D eigenvalue weighted by Crippen LogP contribution is 2.28. The molecule has 2 aromatic rings. The molecule has 102 valence electrons. The fraction of sp³-hybridized carbons (Fsp3) is 0.200. The molecule has 5 heteroatoms.